The molecule has 1 heterocycles. The fourth-order valence-electron chi connectivity index (χ4n) is 2.27. The topological polar surface area (TPSA) is 55.1 Å². The Labute approximate surface area is 139 Å². The summed E-state index contributed by atoms with van der Waals surface area (Å²) < 4.78 is 5.37. The molecule has 0 radical (unpaired) electrons. The minimum Gasteiger partial charge on any atom is -0.355 e. The highest BCUT2D eigenvalue weighted by molar-refractivity contribution is 6.30. The van der Waals surface area contributed by atoms with Crippen LogP contribution < -0.4 is 5.32 Å². The van der Waals surface area contributed by atoms with Gasteiger partial charge in [0.15, 0.2) is 5.76 Å². The summed E-state index contributed by atoms with van der Waals surface area (Å²) in [4.78, 5) is 12.6. The van der Waals surface area contributed by atoms with Crippen molar-refractivity contribution in [3.8, 4) is 11.3 Å². The summed E-state index contributed by atoms with van der Waals surface area (Å²) in [6.45, 7) is 3.75. The van der Waals surface area contributed by atoms with Gasteiger partial charge in [-0.1, -0.05) is 46.6 Å². The van der Waals surface area contributed by atoms with Gasteiger partial charge in [0.05, 0.1) is 5.69 Å². The Balaban J connectivity index is 1.93. The molecule has 1 amide bonds. The highest BCUT2D eigenvalue weighted by Crippen LogP contribution is 2.27. The molecular weight excluding hydrogens is 312 g/mol. The number of nitrogens with zero attached hydrogens (tertiary/aromatic N) is 1. The average Bonchev–Trinajstić information content (AvgIpc) is 2.92. The zero-order valence-corrected chi connectivity index (χ0v) is 13.5. The van der Waals surface area contributed by atoms with Crippen LogP contribution >= 0.6 is 11.6 Å². The Morgan fingerprint density at radius 3 is 2.35 bits per heavy atom. The van der Waals surface area contributed by atoms with Gasteiger partial charge < -0.3 is 9.84 Å². The van der Waals surface area contributed by atoms with E-state index in [2.05, 4.69) is 10.5 Å². The lowest BCUT2D eigenvalue weighted by atomic mass is 10.0. The number of aryl methyl sites for hydroxylation is 2. The molecule has 0 spiro atoms. The minimum atomic E-state index is -0.262. The van der Waals surface area contributed by atoms with Crippen LogP contribution in [-0.4, -0.2) is 11.1 Å². The van der Waals surface area contributed by atoms with Crippen LogP contribution in [0.2, 0.25) is 5.02 Å². The summed E-state index contributed by atoms with van der Waals surface area (Å²) in [5, 5.41) is 7.39. The minimum absolute atomic E-state index is 0.262. The SMILES string of the molecule is Cc1ccc(-c2onc(C)c2C(=O)Nc2ccc(Cl)cc2)cc1. The number of hydrogen-bond donors (Lipinski definition) is 1. The molecule has 116 valence electrons. The smallest absolute Gasteiger partial charge is 0.261 e. The molecule has 0 atom stereocenters. The molecule has 1 aromatic heterocycles. The first-order valence-corrected chi connectivity index (χ1v) is 7.52. The summed E-state index contributed by atoms with van der Waals surface area (Å²) in [6, 6.07) is 14.7. The van der Waals surface area contributed by atoms with Gasteiger partial charge in [0.1, 0.15) is 5.56 Å². The fraction of sp³-hybridized carbons (Fsp3) is 0.111. The predicted molar refractivity (Wildman–Crippen MR) is 90.8 cm³/mol. The second kappa shape index (κ2) is 6.26. The van der Waals surface area contributed by atoms with Crippen LogP contribution in [0.1, 0.15) is 21.6 Å². The number of carbonyl (C=O) groups is 1. The van der Waals surface area contributed by atoms with Crippen molar-refractivity contribution in [1.29, 1.82) is 0 Å². The van der Waals surface area contributed by atoms with Crippen molar-refractivity contribution in [3.63, 3.8) is 0 Å². The Kier molecular flexibility index (Phi) is 4.17. The third kappa shape index (κ3) is 3.27. The van der Waals surface area contributed by atoms with E-state index in [-0.39, 0.29) is 5.91 Å². The van der Waals surface area contributed by atoms with Gasteiger partial charge in [-0.25, -0.2) is 0 Å². The van der Waals surface area contributed by atoms with E-state index in [1.165, 1.54) is 0 Å². The van der Waals surface area contributed by atoms with Crippen LogP contribution in [0.25, 0.3) is 11.3 Å². The number of amides is 1. The molecule has 0 aliphatic carbocycles. The maximum absolute atomic E-state index is 12.6. The molecule has 3 rings (SSSR count). The van der Waals surface area contributed by atoms with E-state index >= 15 is 0 Å². The molecule has 2 aromatic carbocycles. The van der Waals surface area contributed by atoms with Crippen LogP contribution in [0.5, 0.6) is 0 Å². The molecule has 0 aliphatic heterocycles. The number of hydrogen-bond acceptors (Lipinski definition) is 3. The molecule has 23 heavy (non-hydrogen) atoms. The summed E-state index contributed by atoms with van der Waals surface area (Å²) in [5.41, 5.74) is 3.60. The summed E-state index contributed by atoms with van der Waals surface area (Å²) in [7, 11) is 0. The maximum atomic E-state index is 12.6. The first-order chi connectivity index (χ1) is 11.0. The van der Waals surface area contributed by atoms with Crippen molar-refractivity contribution in [2.24, 2.45) is 0 Å². The van der Waals surface area contributed by atoms with E-state index in [1.54, 1.807) is 31.2 Å². The molecule has 4 nitrogen and oxygen atoms in total. The average molecular weight is 327 g/mol. The summed E-state index contributed by atoms with van der Waals surface area (Å²) >= 11 is 5.85. The number of nitrogens with one attached hydrogen (secondary N) is 1. The highest BCUT2D eigenvalue weighted by atomic mass is 35.5. The molecule has 5 heteroatoms. The van der Waals surface area contributed by atoms with E-state index in [4.69, 9.17) is 16.1 Å². The first-order valence-electron chi connectivity index (χ1n) is 7.15. The van der Waals surface area contributed by atoms with Gasteiger partial charge in [-0.05, 0) is 38.1 Å². The molecule has 0 bridgehead atoms. The molecule has 3 aromatic rings. The first kappa shape index (κ1) is 15.3. The lowest BCUT2D eigenvalue weighted by molar-refractivity contribution is 0.102. The van der Waals surface area contributed by atoms with Crippen LogP contribution in [0.4, 0.5) is 5.69 Å². The molecular formula is C18H15ClN2O2. The fourth-order valence-corrected chi connectivity index (χ4v) is 2.39. The van der Waals surface area contributed by atoms with Crippen LogP contribution in [0.3, 0.4) is 0 Å². The summed E-state index contributed by atoms with van der Waals surface area (Å²) in [5.74, 6) is 0.204. The second-order valence-electron chi connectivity index (χ2n) is 5.30. The Bertz CT molecular complexity index is 836. The van der Waals surface area contributed by atoms with Crippen LogP contribution in [0, 0.1) is 13.8 Å². The maximum Gasteiger partial charge on any atom is 0.261 e. The van der Waals surface area contributed by atoms with E-state index in [1.807, 2.05) is 31.2 Å². The van der Waals surface area contributed by atoms with Crippen LogP contribution in [0.15, 0.2) is 53.1 Å². The van der Waals surface area contributed by atoms with Crippen molar-refractivity contribution in [2.45, 2.75) is 13.8 Å². The molecule has 0 saturated carbocycles. The molecule has 0 saturated heterocycles. The van der Waals surface area contributed by atoms with E-state index in [0.717, 1.165) is 11.1 Å². The van der Waals surface area contributed by atoms with E-state index < -0.39 is 0 Å². The lowest BCUT2D eigenvalue weighted by Gasteiger charge is -2.06. The van der Waals surface area contributed by atoms with E-state index in [0.29, 0.717) is 27.7 Å². The number of carbonyl (C=O) groups excluding carboxylic acids is 1. The predicted octanol–water partition coefficient (Wildman–Crippen LogP) is 4.86. The quantitative estimate of drug-likeness (QED) is 0.747. The van der Waals surface area contributed by atoms with Gasteiger partial charge in [0, 0.05) is 16.3 Å². The van der Waals surface area contributed by atoms with Crippen molar-refractivity contribution in [3.05, 3.63) is 70.4 Å². The number of aromatic nitrogens is 1. The summed E-state index contributed by atoms with van der Waals surface area (Å²) in [6.07, 6.45) is 0. The molecule has 0 fully saturated rings. The standard InChI is InChI=1S/C18H15ClN2O2/c1-11-3-5-13(6-4-11)17-16(12(2)21-23-17)18(22)20-15-9-7-14(19)8-10-15/h3-10H,1-2H3,(H,20,22). The number of halogens is 1. The van der Waals surface area contributed by atoms with Crippen LogP contribution in [-0.2, 0) is 0 Å². The van der Waals surface area contributed by atoms with Crippen molar-refractivity contribution < 1.29 is 9.32 Å². The number of benzene rings is 2. The largest absolute Gasteiger partial charge is 0.355 e. The van der Waals surface area contributed by atoms with Gasteiger partial charge >= 0.3 is 0 Å². The molecule has 1 N–H and O–H groups in total. The monoisotopic (exact) mass is 326 g/mol. The molecule has 0 aliphatic rings. The normalized spacial score (nSPS) is 10.6. The van der Waals surface area contributed by atoms with Gasteiger partial charge in [0.25, 0.3) is 5.91 Å². The Morgan fingerprint density at radius 1 is 1.04 bits per heavy atom. The van der Waals surface area contributed by atoms with E-state index in [9.17, 15) is 4.79 Å². The van der Waals surface area contributed by atoms with Crippen molar-refractivity contribution >= 4 is 23.2 Å². The Hall–Kier alpha value is -2.59. The molecule has 0 unspecified atom stereocenters. The zero-order chi connectivity index (χ0) is 16.4. The van der Waals surface area contributed by atoms with Gasteiger partial charge in [0.2, 0.25) is 0 Å². The van der Waals surface area contributed by atoms with Gasteiger partial charge in [-0.15, -0.1) is 0 Å². The highest BCUT2D eigenvalue weighted by Gasteiger charge is 2.21. The third-order valence-corrected chi connectivity index (χ3v) is 3.76. The lowest BCUT2D eigenvalue weighted by Crippen LogP contribution is -2.13. The number of anilines is 1. The van der Waals surface area contributed by atoms with Crippen molar-refractivity contribution in [2.75, 3.05) is 5.32 Å². The number of rotatable bonds is 3. The Morgan fingerprint density at radius 2 is 1.70 bits per heavy atom. The van der Waals surface area contributed by atoms with Crippen molar-refractivity contribution in [1.82, 2.24) is 5.16 Å². The van der Waals surface area contributed by atoms with Gasteiger partial charge in [-0.3, -0.25) is 4.79 Å². The van der Waals surface area contributed by atoms with Gasteiger partial charge in [-0.2, -0.15) is 0 Å². The third-order valence-electron chi connectivity index (χ3n) is 3.51. The zero-order valence-electron chi connectivity index (χ0n) is 12.8. The second-order valence-corrected chi connectivity index (χ2v) is 5.74.